The van der Waals surface area contributed by atoms with Crippen molar-refractivity contribution in [3.8, 4) is 5.88 Å². The molecule has 2 N–H and O–H groups in total. The van der Waals surface area contributed by atoms with Crippen LogP contribution in [0.3, 0.4) is 0 Å². The normalized spacial score (nSPS) is 10.8. The molecule has 0 aliphatic heterocycles. The van der Waals surface area contributed by atoms with Gasteiger partial charge >= 0.3 is 0 Å². The zero-order chi connectivity index (χ0) is 15.7. The molecule has 0 saturated heterocycles. The molecule has 0 unspecified atom stereocenters. The highest BCUT2D eigenvalue weighted by Crippen LogP contribution is 2.13. The number of fused-ring (bicyclic) bond motifs is 1. The molecule has 3 rings (SSSR count). The molecular weight excluding hydrogens is 286 g/mol. The highest BCUT2D eigenvalue weighted by Gasteiger charge is 2.20. The number of amides is 1. The Bertz CT molecular complexity index is 897. The summed E-state index contributed by atoms with van der Waals surface area (Å²) < 4.78 is 6.32. The molecule has 0 aliphatic rings. The Balaban J connectivity index is 2.00. The molecule has 3 heterocycles. The van der Waals surface area contributed by atoms with Crippen molar-refractivity contribution in [2.24, 2.45) is 0 Å². The second-order valence-corrected chi connectivity index (χ2v) is 4.76. The van der Waals surface area contributed by atoms with Crippen molar-refractivity contribution in [2.45, 2.75) is 13.5 Å². The fraction of sp³-hybridized carbons (Fsp3) is 0.133. The van der Waals surface area contributed by atoms with Crippen LogP contribution in [0.2, 0.25) is 0 Å². The Hall–Kier alpha value is -3.09. The molecule has 3 aromatic heterocycles. The first kappa shape index (κ1) is 13.9. The predicted octanol–water partition coefficient (Wildman–Crippen LogP) is 1.23. The molecule has 112 valence electrons. The van der Waals surface area contributed by atoms with Crippen LogP contribution in [0.15, 0.2) is 45.9 Å². The van der Waals surface area contributed by atoms with Crippen LogP contribution >= 0.6 is 0 Å². The van der Waals surface area contributed by atoms with Crippen molar-refractivity contribution in [3.05, 3.63) is 64.0 Å². The highest BCUT2D eigenvalue weighted by atomic mass is 16.3. The third kappa shape index (κ3) is 2.32. The Labute approximate surface area is 124 Å². The van der Waals surface area contributed by atoms with Crippen LogP contribution in [0.1, 0.15) is 21.7 Å². The average Bonchev–Trinajstić information content (AvgIpc) is 3.00. The van der Waals surface area contributed by atoms with Gasteiger partial charge in [0.25, 0.3) is 11.5 Å². The first-order chi connectivity index (χ1) is 10.6. The number of carbonyl (C=O) groups excluding carboxylic acids is 1. The zero-order valence-electron chi connectivity index (χ0n) is 11.7. The van der Waals surface area contributed by atoms with Crippen molar-refractivity contribution in [3.63, 3.8) is 0 Å². The topological polar surface area (TPSA) is 96.8 Å². The standard InChI is InChI=1S/C15H13N3O4/c1-9-4-2-6-18-12(9)17-14(20)11(15(18)21)13(19)16-8-10-5-3-7-22-10/h2-7,20H,8H2,1H3,(H,16,19). The molecule has 0 bridgehead atoms. The number of hydrogen-bond donors (Lipinski definition) is 2. The first-order valence-corrected chi connectivity index (χ1v) is 6.59. The Morgan fingerprint density at radius 2 is 2.23 bits per heavy atom. The number of pyridine rings is 1. The molecule has 7 nitrogen and oxygen atoms in total. The van der Waals surface area contributed by atoms with E-state index in [1.54, 1.807) is 31.2 Å². The summed E-state index contributed by atoms with van der Waals surface area (Å²) in [5, 5.41) is 12.4. The van der Waals surface area contributed by atoms with Gasteiger partial charge in [-0.05, 0) is 30.7 Å². The molecule has 0 spiro atoms. The maximum Gasteiger partial charge on any atom is 0.274 e. The van der Waals surface area contributed by atoms with E-state index >= 15 is 0 Å². The van der Waals surface area contributed by atoms with Gasteiger partial charge in [-0.25, -0.2) is 0 Å². The lowest BCUT2D eigenvalue weighted by atomic mass is 10.2. The van der Waals surface area contributed by atoms with E-state index in [1.807, 2.05) is 0 Å². The van der Waals surface area contributed by atoms with Gasteiger partial charge in [-0.2, -0.15) is 4.98 Å². The van der Waals surface area contributed by atoms with Gasteiger partial charge in [-0.1, -0.05) is 6.07 Å². The van der Waals surface area contributed by atoms with Crippen LogP contribution in [0, 0.1) is 6.92 Å². The molecule has 0 radical (unpaired) electrons. The predicted molar refractivity (Wildman–Crippen MR) is 77.7 cm³/mol. The van der Waals surface area contributed by atoms with E-state index in [0.717, 1.165) is 5.56 Å². The summed E-state index contributed by atoms with van der Waals surface area (Å²) in [6, 6.07) is 6.81. The maximum absolute atomic E-state index is 12.4. The van der Waals surface area contributed by atoms with Crippen molar-refractivity contribution >= 4 is 11.6 Å². The van der Waals surface area contributed by atoms with Gasteiger partial charge in [0.1, 0.15) is 11.4 Å². The van der Waals surface area contributed by atoms with Gasteiger partial charge in [-0.15, -0.1) is 0 Å². The largest absolute Gasteiger partial charge is 0.493 e. The van der Waals surface area contributed by atoms with E-state index in [2.05, 4.69) is 10.3 Å². The summed E-state index contributed by atoms with van der Waals surface area (Å²) in [6.07, 6.45) is 2.98. The Morgan fingerprint density at radius 1 is 1.41 bits per heavy atom. The lowest BCUT2D eigenvalue weighted by Gasteiger charge is -2.08. The van der Waals surface area contributed by atoms with Gasteiger partial charge in [0, 0.05) is 6.20 Å². The fourth-order valence-electron chi connectivity index (χ4n) is 2.15. The van der Waals surface area contributed by atoms with Gasteiger partial charge in [0.05, 0.1) is 12.8 Å². The smallest absolute Gasteiger partial charge is 0.274 e. The number of hydrogen-bond acceptors (Lipinski definition) is 5. The first-order valence-electron chi connectivity index (χ1n) is 6.59. The van der Waals surface area contributed by atoms with Gasteiger partial charge in [-0.3, -0.25) is 14.0 Å². The van der Waals surface area contributed by atoms with Gasteiger partial charge in [0.2, 0.25) is 5.88 Å². The second-order valence-electron chi connectivity index (χ2n) is 4.76. The molecule has 7 heteroatoms. The van der Waals surface area contributed by atoms with Crippen LogP contribution in [0.25, 0.3) is 5.65 Å². The summed E-state index contributed by atoms with van der Waals surface area (Å²) >= 11 is 0. The molecule has 0 aliphatic carbocycles. The van der Waals surface area contributed by atoms with E-state index < -0.39 is 22.9 Å². The number of nitrogens with one attached hydrogen (secondary N) is 1. The molecule has 3 aromatic rings. The van der Waals surface area contributed by atoms with E-state index in [0.29, 0.717) is 11.4 Å². The number of furan rings is 1. The van der Waals surface area contributed by atoms with E-state index in [1.165, 1.54) is 16.9 Å². The highest BCUT2D eigenvalue weighted by molar-refractivity contribution is 5.96. The maximum atomic E-state index is 12.4. The van der Waals surface area contributed by atoms with Gasteiger partial charge in [0.15, 0.2) is 5.56 Å². The van der Waals surface area contributed by atoms with Crippen molar-refractivity contribution in [2.75, 3.05) is 0 Å². The molecule has 22 heavy (non-hydrogen) atoms. The van der Waals surface area contributed by atoms with Crippen molar-refractivity contribution in [1.29, 1.82) is 0 Å². The molecule has 0 fully saturated rings. The number of rotatable bonds is 3. The van der Waals surface area contributed by atoms with Crippen LogP contribution in [0.4, 0.5) is 0 Å². The summed E-state index contributed by atoms with van der Waals surface area (Å²) in [7, 11) is 0. The summed E-state index contributed by atoms with van der Waals surface area (Å²) in [5.41, 5.74) is 0.0165. The number of aryl methyl sites for hydroxylation is 1. The molecule has 0 atom stereocenters. The molecule has 0 aromatic carbocycles. The monoisotopic (exact) mass is 299 g/mol. The summed E-state index contributed by atoms with van der Waals surface area (Å²) in [5.74, 6) is -0.754. The summed E-state index contributed by atoms with van der Waals surface area (Å²) in [6.45, 7) is 1.87. The minimum absolute atomic E-state index is 0.112. The van der Waals surface area contributed by atoms with Crippen molar-refractivity contribution < 1.29 is 14.3 Å². The minimum atomic E-state index is -0.706. The molecular formula is C15H13N3O4. The van der Waals surface area contributed by atoms with Crippen LogP contribution in [0.5, 0.6) is 5.88 Å². The van der Waals surface area contributed by atoms with Crippen molar-refractivity contribution in [1.82, 2.24) is 14.7 Å². The Kier molecular flexibility index (Phi) is 3.38. The van der Waals surface area contributed by atoms with E-state index in [9.17, 15) is 14.7 Å². The Morgan fingerprint density at radius 3 is 2.95 bits per heavy atom. The quantitative estimate of drug-likeness (QED) is 0.758. The van der Waals surface area contributed by atoms with Crippen LogP contribution in [-0.4, -0.2) is 20.4 Å². The van der Waals surface area contributed by atoms with Crippen LogP contribution < -0.4 is 10.9 Å². The lowest BCUT2D eigenvalue weighted by molar-refractivity contribution is 0.0943. The van der Waals surface area contributed by atoms with E-state index in [-0.39, 0.29) is 6.54 Å². The number of aromatic nitrogens is 2. The van der Waals surface area contributed by atoms with E-state index in [4.69, 9.17) is 4.42 Å². The van der Waals surface area contributed by atoms with Gasteiger partial charge < -0.3 is 14.8 Å². The number of aromatic hydroxyl groups is 1. The average molecular weight is 299 g/mol. The lowest BCUT2D eigenvalue weighted by Crippen LogP contribution is -2.31. The third-order valence-electron chi connectivity index (χ3n) is 3.26. The zero-order valence-corrected chi connectivity index (χ0v) is 11.7. The third-order valence-corrected chi connectivity index (χ3v) is 3.26. The fourth-order valence-corrected chi connectivity index (χ4v) is 2.15. The minimum Gasteiger partial charge on any atom is -0.493 e. The number of carbonyl (C=O) groups is 1. The SMILES string of the molecule is Cc1cccn2c(=O)c(C(=O)NCc3ccco3)c(O)nc12. The molecule has 1 amide bonds. The number of nitrogens with zero attached hydrogens (tertiary/aromatic N) is 2. The second kappa shape index (κ2) is 5.36. The van der Waals surface area contributed by atoms with Crippen LogP contribution in [-0.2, 0) is 6.54 Å². The summed E-state index contributed by atoms with van der Waals surface area (Å²) in [4.78, 5) is 28.5. The molecule has 0 saturated carbocycles.